The van der Waals surface area contributed by atoms with Crippen LogP contribution in [0.5, 0.6) is 0 Å². The molecule has 1 aliphatic heterocycles. The van der Waals surface area contributed by atoms with Gasteiger partial charge in [-0.15, -0.1) is 0 Å². The van der Waals surface area contributed by atoms with Gasteiger partial charge in [0.05, 0.1) is 0 Å². The quantitative estimate of drug-likeness (QED) is 0.533. The van der Waals surface area contributed by atoms with E-state index in [0.29, 0.717) is 0 Å². The molecule has 1 amide bonds. The summed E-state index contributed by atoms with van der Waals surface area (Å²) in [6.07, 6.45) is 0. The fourth-order valence-corrected chi connectivity index (χ4v) is 2.04. The Hall–Kier alpha value is -1.64. The summed E-state index contributed by atoms with van der Waals surface area (Å²) in [6, 6.07) is 8.99. The normalized spacial score (nSPS) is 20.9. The molecule has 2 rings (SSSR count). The first-order valence-corrected chi connectivity index (χ1v) is 5.35. The summed E-state index contributed by atoms with van der Waals surface area (Å²) in [4.78, 5) is 24.8. The highest BCUT2D eigenvalue weighted by Crippen LogP contribution is 2.35. The Morgan fingerprint density at radius 1 is 1.06 bits per heavy atom. The van der Waals surface area contributed by atoms with Crippen molar-refractivity contribution < 1.29 is 9.59 Å². The summed E-state index contributed by atoms with van der Waals surface area (Å²) >= 11 is 0. The molecule has 3 heteroatoms. The number of β-lactam (4-membered cyclic amide) rings is 1. The van der Waals surface area contributed by atoms with E-state index >= 15 is 0 Å². The lowest BCUT2D eigenvalue weighted by atomic mass is 9.77. The Bertz CT molecular complexity index is 431. The molecule has 0 aromatic heterocycles. The van der Waals surface area contributed by atoms with Gasteiger partial charge in [-0.3, -0.25) is 14.5 Å². The van der Waals surface area contributed by atoms with Crippen molar-refractivity contribution in [3.63, 3.8) is 0 Å². The average molecular weight is 217 g/mol. The van der Waals surface area contributed by atoms with E-state index in [1.807, 2.05) is 51.1 Å². The van der Waals surface area contributed by atoms with Crippen molar-refractivity contribution in [3.05, 3.63) is 30.3 Å². The van der Waals surface area contributed by atoms with E-state index in [4.69, 9.17) is 0 Å². The van der Waals surface area contributed by atoms with Crippen molar-refractivity contribution >= 4 is 17.4 Å². The first kappa shape index (κ1) is 10.9. The van der Waals surface area contributed by atoms with Gasteiger partial charge >= 0.3 is 0 Å². The van der Waals surface area contributed by atoms with E-state index in [0.717, 1.165) is 5.69 Å². The van der Waals surface area contributed by atoms with Gasteiger partial charge < -0.3 is 0 Å². The number of Topliss-reactive ketones (excluding diaryl/α,β-unsaturated/α-hetero) is 1. The van der Waals surface area contributed by atoms with Crippen LogP contribution < -0.4 is 4.90 Å². The van der Waals surface area contributed by atoms with Gasteiger partial charge in [-0.2, -0.15) is 0 Å². The number of ketones is 1. The zero-order valence-electron chi connectivity index (χ0n) is 9.73. The lowest BCUT2D eigenvalue weighted by molar-refractivity contribution is -0.145. The lowest BCUT2D eigenvalue weighted by Crippen LogP contribution is -2.67. The molecule has 1 fully saturated rings. The minimum atomic E-state index is -0.397. The maximum atomic E-state index is 11.6. The molecule has 16 heavy (non-hydrogen) atoms. The van der Waals surface area contributed by atoms with Crippen molar-refractivity contribution in [2.24, 2.45) is 5.41 Å². The predicted molar refractivity (Wildman–Crippen MR) is 62.2 cm³/mol. The number of carbonyl (C=O) groups is 2. The van der Waals surface area contributed by atoms with E-state index in [1.165, 1.54) is 0 Å². The van der Waals surface area contributed by atoms with Crippen molar-refractivity contribution in [2.75, 3.05) is 4.90 Å². The van der Waals surface area contributed by atoms with Crippen molar-refractivity contribution in [3.8, 4) is 0 Å². The van der Waals surface area contributed by atoms with E-state index in [2.05, 4.69) is 0 Å². The number of hydrogen-bond acceptors (Lipinski definition) is 2. The molecule has 1 aliphatic rings. The Balaban J connectivity index is 2.35. The van der Waals surface area contributed by atoms with Crippen LogP contribution in [0.15, 0.2) is 30.3 Å². The lowest BCUT2D eigenvalue weighted by Gasteiger charge is -2.45. The summed E-state index contributed by atoms with van der Waals surface area (Å²) in [5.41, 5.74) is 0.577. The van der Waals surface area contributed by atoms with Crippen LogP contribution in [0, 0.1) is 5.41 Å². The fraction of sp³-hybridized carbons (Fsp3) is 0.385. The van der Waals surface area contributed by atoms with Crippen molar-refractivity contribution in [2.45, 2.75) is 26.8 Å². The molecule has 1 unspecified atom stereocenters. The predicted octanol–water partition coefficient (Wildman–Crippen LogP) is 2.02. The number of anilines is 1. The third-order valence-electron chi connectivity index (χ3n) is 2.79. The maximum Gasteiger partial charge on any atom is 0.297 e. The molecule has 1 aromatic carbocycles. The van der Waals surface area contributed by atoms with Gasteiger partial charge in [0.1, 0.15) is 6.04 Å². The molecule has 1 atom stereocenters. The number of para-hydroxylation sites is 1. The van der Waals surface area contributed by atoms with Crippen LogP contribution in [0.2, 0.25) is 0 Å². The molecule has 0 saturated carbocycles. The number of amides is 1. The number of nitrogens with zero attached hydrogens (tertiary/aromatic N) is 1. The first-order valence-electron chi connectivity index (χ1n) is 5.35. The highest BCUT2D eigenvalue weighted by molar-refractivity contribution is 6.52. The molecule has 0 bridgehead atoms. The van der Waals surface area contributed by atoms with Gasteiger partial charge in [0.2, 0.25) is 5.78 Å². The Morgan fingerprint density at radius 2 is 1.62 bits per heavy atom. The smallest absolute Gasteiger partial charge is 0.294 e. The van der Waals surface area contributed by atoms with Gasteiger partial charge in [-0.25, -0.2) is 0 Å². The molecule has 0 radical (unpaired) electrons. The molecule has 0 spiro atoms. The minimum Gasteiger partial charge on any atom is -0.294 e. The first-order chi connectivity index (χ1) is 7.43. The van der Waals surface area contributed by atoms with Gasteiger partial charge in [0.15, 0.2) is 0 Å². The fourth-order valence-electron chi connectivity index (χ4n) is 2.04. The number of benzene rings is 1. The van der Waals surface area contributed by atoms with Crippen LogP contribution >= 0.6 is 0 Å². The zero-order valence-corrected chi connectivity index (χ0v) is 9.73. The topological polar surface area (TPSA) is 37.4 Å². The number of hydrogen-bond donors (Lipinski definition) is 0. The van der Waals surface area contributed by atoms with Crippen molar-refractivity contribution in [1.82, 2.24) is 0 Å². The second-order valence-corrected chi connectivity index (χ2v) is 5.14. The Labute approximate surface area is 95.1 Å². The Kier molecular flexibility index (Phi) is 2.34. The molecule has 0 aliphatic carbocycles. The highest BCUT2D eigenvalue weighted by atomic mass is 16.2. The van der Waals surface area contributed by atoms with Crippen molar-refractivity contribution in [1.29, 1.82) is 0 Å². The summed E-state index contributed by atoms with van der Waals surface area (Å²) in [6.45, 7) is 5.91. The summed E-state index contributed by atoms with van der Waals surface area (Å²) in [5, 5.41) is 0. The third-order valence-corrected chi connectivity index (χ3v) is 2.79. The summed E-state index contributed by atoms with van der Waals surface area (Å²) in [5.74, 6) is -0.678. The van der Waals surface area contributed by atoms with Crippen LogP contribution in [-0.2, 0) is 9.59 Å². The van der Waals surface area contributed by atoms with Gasteiger partial charge in [0, 0.05) is 5.69 Å². The van der Waals surface area contributed by atoms with Crippen LogP contribution in [0.3, 0.4) is 0 Å². The summed E-state index contributed by atoms with van der Waals surface area (Å²) in [7, 11) is 0. The van der Waals surface area contributed by atoms with Crippen LogP contribution in [-0.4, -0.2) is 17.7 Å². The zero-order chi connectivity index (χ0) is 11.9. The molecule has 1 heterocycles. The van der Waals surface area contributed by atoms with Crippen LogP contribution in [0.25, 0.3) is 0 Å². The maximum absolute atomic E-state index is 11.6. The van der Waals surface area contributed by atoms with E-state index in [-0.39, 0.29) is 17.2 Å². The number of carbonyl (C=O) groups excluding carboxylic acids is 2. The van der Waals surface area contributed by atoms with Crippen LogP contribution in [0.4, 0.5) is 5.69 Å². The Morgan fingerprint density at radius 3 is 2.12 bits per heavy atom. The van der Waals surface area contributed by atoms with Gasteiger partial charge in [0.25, 0.3) is 5.91 Å². The van der Waals surface area contributed by atoms with E-state index < -0.39 is 5.91 Å². The van der Waals surface area contributed by atoms with Crippen LogP contribution in [0.1, 0.15) is 20.8 Å². The van der Waals surface area contributed by atoms with Gasteiger partial charge in [-0.1, -0.05) is 39.0 Å². The highest BCUT2D eigenvalue weighted by Gasteiger charge is 2.52. The average Bonchev–Trinajstić information content (AvgIpc) is 2.23. The second kappa shape index (κ2) is 3.44. The minimum absolute atomic E-state index is 0.221. The van der Waals surface area contributed by atoms with Gasteiger partial charge in [-0.05, 0) is 17.5 Å². The monoisotopic (exact) mass is 217 g/mol. The molecular weight excluding hydrogens is 202 g/mol. The summed E-state index contributed by atoms with van der Waals surface area (Å²) < 4.78 is 0. The third kappa shape index (κ3) is 1.52. The molecule has 1 saturated heterocycles. The second-order valence-electron chi connectivity index (χ2n) is 5.14. The molecule has 3 nitrogen and oxygen atoms in total. The SMILES string of the molecule is CC(C)(C)C1C(=O)C(=O)N1c1ccccc1. The molecule has 0 N–H and O–H groups in total. The number of rotatable bonds is 1. The molecule has 84 valence electrons. The van der Waals surface area contributed by atoms with E-state index in [9.17, 15) is 9.59 Å². The standard InChI is InChI=1S/C13H15NO2/c1-13(2,3)11-10(15)12(16)14(11)9-7-5-4-6-8-9/h4-8,11H,1-3H3. The largest absolute Gasteiger partial charge is 0.297 e. The molecule has 1 aromatic rings. The molecular formula is C13H15NO2. The van der Waals surface area contributed by atoms with E-state index in [1.54, 1.807) is 4.90 Å².